The van der Waals surface area contributed by atoms with E-state index in [-0.39, 0.29) is 5.91 Å². The van der Waals surface area contributed by atoms with Crippen LogP contribution < -0.4 is 10.2 Å². The summed E-state index contributed by atoms with van der Waals surface area (Å²) >= 11 is 0. The fraction of sp³-hybridized carbons (Fsp3) is 0.0286. The quantitative estimate of drug-likeness (QED) is 0.173. The van der Waals surface area contributed by atoms with Crippen molar-refractivity contribution in [3.8, 4) is 23.1 Å². The first-order valence-corrected chi connectivity index (χ1v) is 13.1. The van der Waals surface area contributed by atoms with Gasteiger partial charge in [-0.1, -0.05) is 91.0 Å². The topological polar surface area (TPSA) is 87.4 Å². The molecule has 0 unspecified atom stereocenters. The highest BCUT2D eigenvalue weighted by atomic mass is 16.5. The Morgan fingerprint density at radius 1 is 0.854 bits per heavy atom. The van der Waals surface area contributed by atoms with Crippen LogP contribution in [-0.2, 0) is 6.61 Å². The molecule has 1 aromatic heterocycles. The van der Waals surface area contributed by atoms with Gasteiger partial charge in [-0.15, -0.1) is 0 Å². The largest absolute Gasteiger partial charge is 0.488 e. The zero-order chi connectivity index (χ0) is 28.0. The lowest BCUT2D eigenvalue weighted by Gasteiger charge is -2.12. The van der Waals surface area contributed by atoms with Crippen molar-refractivity contribution in [2.75, 3.05) is 0 Å². The number of nitriles is 1. The summed E-state index contributed by atoms with van der Waals surface area (Å²) in [5.41, 5.74) is 7.86. The van der Waals surface area contributed by atoms with E-state index >= 15 is 0 Å². The monoisotopic (exact) mass is 532 g/mol. The number of aromatic nitrogens is 1. The molecule has 0 spiro atoms. The highest BCUT2D eigenvalue weighted by Crippen LogP contribution is 2.28. The molecule has 6 nitrogen and oxygen atoms in total. The molecule has 6 aromatic rings. The number of hydrazone groups is 1. The summed E-state index contributed by atoms with van der Waals surface area (Å²) in [5.74, 6) is 0.295. The first kappa shape index (κ1) is 25.5. The highest BCUT2D eigenvalue weighted by Gasteiger charge is 2.14. The smallest absolute Gasteiger partial charge is 0.272 e. The van der Waals surface area contributed by atoms with E-state index in [4.69, 9.17) is 15.0 Å². The molecular formula is C35H24N4O2. The maximum Gasteiger partial charge on any atom is 0.272 e. The molecule has 1 amide bonds. The van der Waals surface area contributed by atoms with Gasteiger partial charge in [-0.3, -0.25) is 4.79 Å². The minimum atomic E-state index is -0.336. The molecule has 0 aliphatic heterocycles. The van der Waals surface area contributed by atoms with Gasteiger partial charge in [0.05, 0.1) is 34.6 Å². The number of hydrogen-bond acceptors (Lipinski definition) is 5. The van der Waals surface area contributed by atoms with Gasteiger partial charge in [0, 0.05) is 16.5 Å². The predicted molar refractivity (Wildman–Crippen MR) is 162 cm³/mol. The molecule has 5 aromatic carbocycles. The van der Waals surface area contributed by atoms with E-state index in [1.807, 2.05) is 103 Å². The number of para-hydroxylation sites is 1. The molecule has 0 saturated heterocycles. The number of nitrogens with zero attached hydrogens (tertiary/aromatic N) is 3. The number of pyridine rings is 1. The van der Waals surface area contributed by atoms with E-state index in [1.165, 1.54) is 0 Å². The standard InChI is InChI=1S/C35H24N4O2/c36-21-24-14-16-25(17-15-24)23-41-34-19-18-26-8-4-5-11-28(26)31(34)22-37-39-35(40)30-20-33(27-9-2-1-3-10-27)38-32-13-7-6-12-29(30)32/h1-20,22H,23H2,(H,39,40)/b37-22-. The average Bonchev–Trinajstić information content (AvgIpc) is 3.04. The molecule has 0 fully saturated rings. The Morgan fingerprint density at radius 3 is 2.39 bits per heavy atom. The third-order valence-electron chi connectivity index (χ3n) is 6.80. The van der Waals surface area contributed by atoms with Crippen LogP contribution in [0, 0.1) is 11.3 Å². The van der Waals surface area contributed by atoms with Crippen LogP contribution in [0.25, 0.3) is 32.9 Å². The molecular weight excluding hydrogens is 508 g/mol. The Kier molecular flexibility index (Phi) is 7.16. The second-order valence-corrected chi connectivity index (χ2v) is 9.43. The van der Waals surface area contributed by atoms with E-state index in [0.29, 0.717) is 29.2 Å². The third-order valence-corrected chi connectivity index (χ3v) is 6.80. The van der Waals surface area contributed by atoms with Crippen LogP contribution in [0.4, 0.5) is 0 Å². The van der Waals surface area contributed by atoms with Gasteiger partial charge in [0.1, 0.15) is 12.4 Å². The van der Waals surface area contributed by atoms with E-state index < -0.39 is 0 Å². The fourth-order valence-electron chi connectivity index (χ4n) is 4.71. The summed E-state index contributed by atoms with van der Waals surface area (Å²) in [4.78, 5) is 18.2. The molecule has 1 heterocycles. The van der Waals surface area contributed by atoms with E-state index in [1.54, 1.807) is 24.4 Å². The van der Waals surface area contributed by atoms with Crippen molar-refractivity contribution < 1.29 is 9.53 Å². The minimum absolute atomic E-state index is 0.322. The van der Waals surface area contributed by atoms with Gasteiger partial charge in [-0.2, -0.15) is 10.4 Å². The van der Waals surface area contributed by atoms with Crippen LogP contribution in [0.2, 0.25) is 0 Å². The van der Waals surface area contributed by atoms with Crippen LogP contribution in [0.1, 0.15) is 27.0 Å². The van der Waals surface area contributed by atoms with E-state index in [2.05, 4.69) is 16.6 Å². The van der Waals surface area contributed by atoms with Crippen LogP contribution in [0.15, 0.2) is 126 Å². The molecule has 6 heteroatoms. The molecule has 0 aliphatic carbocycles. The van der Waals surface area contributed by atoms with Gasteiger partial charge < -0.3 is 4.74 Å². The predicted octanol–water partition coefficient (Wildman–Crippen LogP) is 7.27. The molecule has 41 heavy (non-hydrogen) atoms. The number of ether oxygens (including phenoxy) is 1. The summed E-state index contributed by atoms with van der Waals surface area (Å²) in [5, 5.41) is 16.1. The molecule has 0 radical (unpaired) electrons. The number of carbonyl (C=O) groups is 1. The van der Waals surface area contributed by atoms with Gasteiger partial charge in [-0.05, 0) is 46.7 Å². The van der Waals surface area contributed by atoms with Gasteiger partial charge in [0.2, 0.25) is 0 Å². The van der Waals surface area contributed by atoms with Gasteiger partial charge in [-0.25, -0.2) is 10.4 Å². The van der Waals surface area contributed by atoms with Crippen molar-refractivity contribution in [3.05, 3.63) is 144 Å². The van der Waals surface area contributed by atoms with Crippen molar-refractivity contribution in [1.29, 1.82) is 5.26 Å². The Bertz CT molecular complexity index is 1940. The Balaban J connectivity index is 1.30. The number of fused-ring (bicyclic) bond motifs is 2. The van der Waals surface area contributed by atoms with E-state index in [9.17, 15) is 4.79 Å². The lowest BCUT2D eigenvalue weighted by molar-refractivity contribution is 0.0956. The Morgan fingerprint density at radius 2 is 1.59 bits per heavy atom. The van der Waals surface area contributed by atoms with E-state index in [0.717, 1.165) is 38.4 Å². The van der Waals surface area contributed by atoms with Gasteiger partial charge in [0.15, 0.2) is 0 Å². The van der Waals surface area contributed by atoms with Crippen molar-refractivity contribution in [2.45, 2.75) is 6.61 Å². The zero-order valence-electron chi connectivity index (χ0n) is 22.0. The second-order valence-electron chi connectivity index (χ2n) is 9.43. The second kappa shape index (κ2) is 11.5. The van der Waals surface area contributed by atoms with Crippen molar-refractivity contribution in [1.82, 2.24) is 10.4 Å². The highest BCUT2D eigenvalue weighted by molar-refractivity contribution is 6.08. The lowest BCUT2D eigenvalue weighted by atomic mass is 10.0. The molecule has 6 rings (SSSR count). The van der Waals surface area contributed by atoms with Crippen LogP contribution in [0.3, 0.4) is 0 Å². The van der Waals surface area contributed by atoms with Crippen molar-refractivity contribution >= 4 is 33.8 Å². The van der Waals surface area contributed by atoms with Crippen LogP contribution in [0.5, 0.6) is 5.75 Å². The first-order valence-electron chi connectivity index (χ1n) is 13.1. The first-order chi connectivity index (χ1) is 20.2. The number of benzene rings is 5. The summed E-state index contributed by atoms with van der Waals surface area (Å²) in [6, 6.07) is 40.4. The van der Waals surface area contributed by atoms with Crippen molar-refractivity contribution in [2.24, 2.45) is 5.10 Å². The van der Waals surface area contributed by atoms with Crippen LogP contribution in [-0.4, -0.2) is 17.1 Å². The normalized spacial score (nSPS) is 11.0. The Labute approximate surface area is 237 Å². The number of amides is 1. The summed E-state index contributed by atoms with van der Waals surface area (Å²) in [7, 11) is 0. The van der Waals surface area contributed by atoms with Crippen LogP contribution >= 0.6 is 0 Å². The Hall–Kier alpha value is -5.80. The summed E-state index contributed by atoms with van der Waals surface area (Å²) in [6.07, 6.45) is 1.62. The summed E-state index contributed by atoms with van der Waals surface area (Å²) < 4.78 is 6.17. The van der Waals surface area contributed by atoms with Gasteiger partial charge in [0.25, 0.3) is 5.91 Å². The molecule has 0 saturated carbocycles. The number of rotatable bonds is 7. The average molecular weight is 533 g/mol. The molecule has 0 atom stereocenters. The van der Waals surface area contributed by atoms with Gasteiger partial charge >= 0.3 is 0 Å². The lowest BCUT2D eigenvalue weighted by Crippen LogP contribution is -2.18. The number of nitrogens with one attached hydrogen (secondary N) is 1. The third kappa shape index (κ3) is 5.51. The minimum Gasteiger partial charge on any atom is -0.488 e. The molecule has 196 valence electrons. The number of hydrogen-bond donors (Lipinski definition) is 1. The SMILES string of the molecule is N#Cc1ccc(COc2ccc3ccccc3c2/C=N\NC(=O)c2cc(-c3ccccc3)nc3ccccc23)cc1. The maximum absolute atomic E-state index is 13.4. The molecule has 0 bridgehead atoms. The number of carbonyl (C=O) groups excluding carboxylic acids is 1. The maximum atomic E-state index is 13.4. The molecule has 0 aliphatic rings. The molecule has 1 N–H and O–H groups in total. The van der Waals surface area contributed by atoms with Crippen molar-refractivity contribution in [3.63, 3.8) is 0 Å². The fourth-order valence-corrected chi connectivity index (χ4v) is 4.71. The summed E-state index contributed by atoms with van der Waals surface area (Å²) in [6.45, 7) is 0.322. The zero-order valence-corrected chi connectivity index (χ0v) is 22.0.